The Labute approximate surface area is 151 Å². The number of hydrogen-bond acceptors (Lipinski definition) is 4. The van der Waals surface area contributed by atoms with E-state index in [0.29, 0.717) is 6.42 Å². The van der Waals surface area contributed by atoms with Crippen LogP contribution < -0.4 is 5.32 Å². The fourth-order valence-corrected chi connectivity index (χ4v) is 3.98. The smallest absolute Gasteiger partial charge is 0.307 e. The molecule has 2 atom stereocenters. The number of halogens is 1. The summed E-state index contributed by atoms with van der Waals surface area (Å²) >= 11 is 5.97. The van der Waals surface area contributed by atoms with Crippen molar-refractivity contribution in [3.63, 3.8) is 0 Å². The third-order valence-electron chi connectivity index (χ3n) is 4.04. The zero-order valence-electron chi connectivity index (χ0n) is 13.8. The summed E-state index contributed by atoms with van der Waals surface area (Å²) in [5.41, 5.74) is 0.244. The number of nitrogens with zero attached hydrogens (tertiary/aromatic N) is 1. The minimum absolute atomic E-state index is 0.0377. The summed E-state index contributed by atoms with van der Waals surface area (Å²) in [6, 6.07) is 4.12. The zero-order valence-corrected chi connectivity index (χ0v) is 15.3. The Bertz CT molecular complexity index is 820. The molecule has 1 amide bonds. The number of nitrogens with one attached hydrogen (secondary N) is 1. The van der Waals surface area contributed by atoms with Crippen molar-refractivity contribution in [3.8, 4) is 0 Å². The van der Waals surface area contributed by atoms with Crippen molar-refractivity contribution >= 4 is 39.2 Å². The number of carbonyl (C=O) groups excluding carboxylic acids is 1. The molecule has 1 aromatic carbocycles. The largest absolute Gasteiger partial charge is 0.481 e. The molecule has 0 aromatic heterocycles. The minimum atomic E-state index is -3.77. The monoisotopic (exact) mass is 386 g/mol. The van der Waals surface area contributed by atoms with Gasteiger partial charge in [-0.2, -0.15) is 0 Å². The first-order valence-corrected chi connectivity index (χ1v) is 9.37. The number of anilines is 1. The van der Waals surface area contributed by atoms with E-state index >= 15 is 0 Å². The van der Waals surface area contributed by atoms with Crippen molar-refractivity contribution in [3.05, 3.63) is 35.4 Å². The van der Waals surface area contributed by atoms with Crippen molar-refractivity contribution < 1.29 is 23.1 Å². The van der Waals surface area contributed by atoms with E-state index < -0.39 is 33.7 Å². The van der Waals surface area contributed by atoms with Gasteiger partial charge in [-0.15, -0.1) is 0 Å². The zero-order chi connectivity index (χ0) is 18.8. The van der Waals surface area contributed by atoms with Crippen LogP contribution in [-0.4, -0.2) is 43.8 Å². The van der Waals surface area contributed by atoms with Crippen LogP contribution in [-0.2, 0) is 19.6 Å². The van der Waals surface area contributed by atoms with Crippen molar-refractivity contribution in [1.29, 1.82) is 0 Å². The Morgan fingerprint density at radius 3 is 2.36 bits per heavy atom. The summed E-state index contributed by atoms with van der Waals surface area (Å²) in [5.74, 6) is -3.02. The number of allylic oxidation sites excluding steroid dienone is 2. The van der Waals surface area contributed by atoms with Crippen molar-refractivity contribution in [2.45, 2.75) is 17.7 Å². The Kier molecular flexibility index (Phi) is 5.87. The van der Waals surface area contributed by atoms with Gasteiger partial charge in [0, 0.05) is 19.8 Å². The van der Waals surface area contributed by atoms with Crippen LogP contribution in [0.2, 0.25) is 5.02 Å². The highest BCUT2D eigenvalue weighted by molar-refractivity contribution is 7.89. The maximum absolute atomic E-state index is 12.5. The molecule has 25 heavy (non-hydrogen) atoms. The van der Waals surface area contributed by atoms with Crippen LogP contribution in [0.3, 0.4) is 0 Å². The highest BCUT2D eigenvalue weighted by atomic mass is 35.5. The second kappa shape index (κ2) is 7.55. The Morgan fingerprint density at radius 1 is 1.20 bits per heavy atom. The number of carboxylic acids is 1. The lowest BCUT2D eigenvalue weighted by Crippen LogP contribution is -2.34. The summed E-state index contributed by atoms with van der Waals surface area (Å²) < 4.78 is 25.6. The number of hydrogen-bond donors (Lipinski definition) is 2. The second-order valence-electron chi connectivity index (χ2n) is 5.92. The van der Waals surface area contributed by atoms with Crippen LogP contribution in [0.25, 0.3) is 0 Å². The lowest BCUT2D eigenvalue weighted by atomic mass is 9.82. The van der Waals surface area contributed by atoms with E-state index in [9.17, 15) is 23.1 Å². The van der Waals surface area contributed by atoms with E-state index in [1.54, 1.807) is 12.2 Å². The van der Waals surface area contributed by atoms with Crippen LogP contribution in [0.4, 0.5) is 5.69 Å². The molecule has 1 aliphatic rings. The molecule has 0 spiro atoms. The molecule has 1 aliphatic carbocycles. The quantitative estimate of drug-likeness (QED) is 0.755. The summed E-state index contributed by atoms with van der Waals surface area (Å²) in [4.78, 5) is 23.6. The summed E-state index contributed by atoms with van der Waals surface area (Å²) in [7, 11) is -1.01. The van der Waals surface area contributed by atoms with Gasteiger partial charge in [-0.1, -0.05) is 23.8 Å². The molecule has 136 valence electrons. The molecule has 0 bridgehead atoms. The Morgan fingerprint density at radius 2 is 1.80 bits per heavy atom. The fourth-order valence-electron chi connectivity index (χ4n) is 2.59. The van der Waals surface area contributed by atoms with E-state index in [2.05, 4.69) is 5.32 Å². The number of sulfonamides is 1. The van der Waals surface area contributed by atoms with Crippen molar-refractivity contribution in [1.82, 2.24) is 4.31 Å². The van der Waals surface area contributed by atoms with Crippen LogP contribution in [0, 0.1) is 11.8 Å². The van der Waals surface area contributed by atoms with Crippen LogP contribution in [0.15, 0.2) is 35.2 Å². The summed E-state index contributed by atoms with van der Waals surface area (Å²) in [6.07, 6.45) is 4.12. The van der Waals surface area contributed by atoms with Gasteiger partial charge in [0.15, 0.2) is 0 Å². The molecule has 2 rings (SSSR count). The highest BCUT2D eigenvalue weighted by Crippen LogP contribution is 2.30. The van der Waals surface area contributed by atoms with Crippen LogP contribution in [0.5, 0.6) is 0 Å². The molecule has 0 unspecified atom stereocenters. The van der Waals surface area contributed by atoms with E-state index in [1.807, 2.05) is 0 Å². The highest BCUT2D eigenvalue weighted by Gasteiger charge is 2.34. The first kappa shape index (κ1) is 19.4. The number of amides is 1. The van der Waals surface area contributed by atoms with Gasteiger partial charge < -0.3 is 10.4 Å². The average molecular weight is 387 g/mol. The predicted molar refractivity (Wildman–Crippen MR) is 93.9 cm³/mol. The third-order valence-corrected chi connectivity index (χ3v) is 6.34. The minimum Gasteiger partial charge on any atom is -0.481 e. The number of carbonyl (C=O) groups is 2. The van der Waals surface area contributed by atoms with Gasteiger partial charge in [0.25, 0.3) is 0 Å². The molecule has 0 aliphatic heterocycles. The molecular formula is C16H19ClN2O5S. The predicted octanol–water partition coefficient (Wildman–Crippen LogP) is 2.20. The standard InChI is InChI=1S/C16H19ClN2O5S/c1-19(2)25(23,24)14-9-10(7-8-13(14)17)18-15(20)11-5-3-4-6-12(11)16(21)22/h3-4,7-9,11-12H,5-6H2,1-2H3,(H,18,20)(H,21,22)/t11-,12+/m0/s1. The van der Waals surface area contributed by atoms with E-state index in [-0.39, 0.29) is 22.0 Å². The van der Waals surface area contributed by atoms with E-state index in [4.69, 9.17) is 11.6 Å². The molecule has 0 saturated carbocycles. The molecule has 0 radical (unpaired) electrons. The van der Waals surface area contributed by atoms with Gasteiger partial charge >= 0.3 is 5.97 Å². The first-order chi connectivity index (χ1) is 11.6. The molecule has 1 aromatic rings. The van der Waals surface area contributed by atoms with Gasteiger partial charge in [-0.25, -0.2) is 12.7 Å². The lowest BCUT2D eigenvalue weighted by Gasteiger charge is -2.24. The SMILES string of the molecule is CN(C)S(=O)(=O)c1cc(NC(=O)[C@H]2CC=CC[C@H]2C(=O)O)ccc1Cl. The Hall–Kier alpha value is -1.90. The maximum Gasteiger partial charge on any atom is 0.307 e. The maximum atomic E-state index is 12.5. The normalized spacial score (nSPS) is 20.5. The lowest BCUT2D eigenvalue weighted by molar-refractivity contribution is -0.146. The molecular weight excluding hydrogens is 368 g/mol. The van der Waals surface area contributed by atoms with Gasteiger partial charge in [0.05, 0.1) is 16.9 Å². The summed E-state index contributed by atoms with van der Waals surface area (Å²) in [5, 5.41) is 11.9. The summed E-state index contributed by atoms with van der Waals surface area (Å²) in [6.45, 7) is 0. The van der Waals surface area contributed by atoms with Gasteiger partial charge in [0.2, 0.25) is 15.9 Å². The topological polar surface area (TPSA) is 104 Å². The van der Waals surface area contributed by atoms with E-state index in [0.717, 1.165) is 4.31 Å². The van der Waals surface area contributed by atoms with E-state index in [1.165, 1.54) is 32.3 Å². The van der Waals surface area contributed by atoms with Gasteiger partial charge in [0.1, 0.15) is 4.90 Å². The van der Waals surface area contributed by atoms with Crippen molar-refractivity contribution in [2.75, 3.05) is 19.4 Å². The molecule has 2 N–H and O–H groups in total. The van der Waals surface area contributed by atoms with Crippen LogP contribution in [0.1, 0.15) is 12.8 Å². The number of benzene rings is 1. The average Bonchev–Trinajstić information content (AvgIpc) is 2.56. The third kappa shape index (κ3) is 4.20. The van der Waals surface area contributed by atoms with Crippen LogP contribution >= 0.6 is 11.6 Å². The van der Waals surface area contributed by atoms with Gasteiger partial charge in [-0.05, 0) is 31.0 Å². The van der Waals surface area contributed by atoms with Crippen molar-refractivity contribution in [2.24, 2.45) is 11.8 Å². The second-order valence-corrected chi connectivity index (χ2v) is 8.44. The number of carboxylic acid groups (broad SMARTS) is 1. The molecule has 0 saturated heterocycles. The fraction of sp³-hybridized carbons (Fsp3) is 0.375. The number of rotatable bonds is 5. The molecule has 7 nitrogen and oxygen atoms in total. The molecule has 0 heterocycles. The first-order valence-electron chi connectivity index (χ1n) is 7.55. The molecule has 9 heteroatoms. The Balaban J connectivity index is 2.27. The molecule has 0 fully saturated rings. The number of aliphatic carboxylic acids is 1. The van der Waals surface area contributed by atoms with Gasteiger partial charge in [-0.3, -0.25) is 9.59 Å².